The summed E-state index contributed by atoms with van der Waals surface area (Å²) in [5.74, 6) is -0.167. The SMILES string of the molecule is CCC(=O)OC(C)CN(C)C(=O)CC. The van der Waals surface area contributed by atoms with Gasteiger partial charge < -0.3 is 9.64 Å². The monoisotopic (exact) mass is 201 g/mol. The van der Waals surface area contributed by atoms with Crippen molar-refractivity contribution < 1.29 is 14.3 Å². The van der Waals surface area contributed by atoms with Crippen molar-refractivity contribution in [3.05, 3.63) is 0 Å². The number of carbonyl (C=O) groups excluding carboxylic acids is 2. The summed E-state index contributed by atoms with van der Waals surface area (Å²) < 4.78 is 5.03. The normalized spacial score (nSPS) is 12.0. The van der Waals surface area contributed by atoms with E-state index in [4.69, 9.17) is 4.74 Å². The molecule has 0 saturated heterocycles. The van der Waals surface area contributed by atoms with E-state index < -0.39 is 0 Å². The maximum Gasteiger partial charge on any atom is 0.305 e. The summed E-state index contributed by atoms with van der Waals surface area (Å²) in [6.07, 6.45) is 0.615. The Labute approximate surface area is 85.2 Å². The van der Waals surface area contributed by atoms with Crippen molar-refractivity contribution in [2.45, 2.75) is 39.7 Å². The van der Waals surface area contributed by atoms with Crippen LogP contribution in [0.3, 0.4) is 0 Å². The second kappa shape index (κ2) is 6.40. The Morgan fingerprint density at radius 1 is 1.29 bits per heavy atom. The first-order chi connectivity index (χ1) is 6.51. The maximum atomic E-state index is 11.2. The molecule has 1 atom stereocenters. The van der Waals surface area contributed by atoms with Crippen molar-refractivity contribution in [2.24, 2.45) is 0 Å². The highest BCUT2D eigenvalue weighted by molar-refractivity contribution is 5.75. The Morgan fingerprint density at radius 2 is 1.86 bits per heavy atom. The number of esters is 1. The molecular formula is C10H19NO3. The average Bonchev–Trinajstić information content (AvgIpc) is 2.15. The third kappa shape index (κ3) is 4.84. The van der Waals surface area contributed by atoms with Crippen molar-refractivity contribution >= 4 is 11.9 Å². The van der Waals surface area contributed by atoms with Crippen molar-refractivity contribution in [3.63, 3.8) is 0 Å². The van der Waals surface area contributed by atoms with E-state index in [0.717, 1.165) is 0 Å². The first kappa shape index (κ1) is 12.9. The smallest absolute Gasteiger partial charge is 0.305 e. The molecule has 0 heterocycles. The minimum Gasteiger partial charge on any atom is -0.461 e. The van der Waals surface area contributed by atoms with Crippen molar-refractivity contribution in [3.8, 4) is 0 Å². The number of amides is 1. The van der Waals surface area contributed by atoms with Crippen LogP contribution in [0, 0.1) is 0 Å². The van der Waals surface area contributed by atoms with Crippen molar-refractivity contribution in [1.29, 1.82) is 0 Å². The average molecular weight is 201 g/mol. The van der Waals surface area contributed by atoms with Crippen molar-refractivity contribution in [1.82, 2.24) is 4.90 Å². The molecule has 0 aromatic rings. The van der Waals surface area contributed by atoms with Gasteiger partial charge in [0.1, 0.15) is 6.10 Å². The quantitative estimate of drug-likeness (QED) is 0.628. The molecule has 0 bridgehead atoms. The van der Waals surface area contributed by atoms with Gasteiger partial charge in [0, 0.05) is 19.9 Å². The fourth-order valence-electron chi connectivity index (χ4n) is 1.10. The summed E-state index contributed by atoms with van der Waals surface area (Å²) in [5, 5.41) is 0. The maximum absolute atomic E-state index is 11.2. The van der Waals surface area contributed by atoms with Gasteiger partial charge in [-0.15, -0.1) is 0 Å². The minimum absolute atomic E-state index is 0.0596. The lowest BCUT2D eigenvalue weighted by molar-refractivity contribution is -0.150. The molecule has 0 spiro atoms. The van der Waals surface area contributed by atoms with Crippen LogP contribution in [0.25, 0.3) is 0 Å². The summed E-state index contributed by atoms with van der Waals surface area (Å²) in [6, 6.07) is 0. The zero-order valence-corrected chi connectivity index (χ0v) is 9.37. The van der Waals surface area contributed by atoms with Gasteiger partial charge in [0.25, 0.3) is 0 Å². The number of ether oxygens (including phenoxy) is 1. The van der Waals surface area contributed by atoms with E-state index in [0.29, 0.717) is 19.4 Å². The van der Waals surface area contributed by atoms with Crippen LogP contribution in [0.2, 0.25) is 0 Å². The summed E-state index contributed by atoms with van der Waals surface area (Å²) >= 11 is 0. The molecule has 0 radical (unpaired) electrons. The van der Waals surface area contributed by atoms with E-state index in [1.807, 2.05) is 6.92 Å². The lowest BCUT2D eigenvalue weighted by atomic mass is 10.3. The zero-order valence-electron chi connectivity index (χ0n) is 9.37. The first-order valence-electron chi connectivity index (χ1n) is 4.94. The molecule has 0 aromatic carbocycles. The zero-order chi connectivity index (χ0) is 11.1. The van der Waals surface area contributed by atoms with E-state index in [1.165, 1.54) is 0 Å². The molecule has 14 heavy (non-hydrogen) atoms. The van der Waals surface area contributed by atoms with Crippen molar-refractivity contribution in [2.75, 3.05) is 13.6 Å². The molecule has 0 fully saturated rings. The molecule has 1 amide bonds. The summed E-state index contributed by atoms with van der Waals surface area (Å²) in [6.45, 7) is 5.79. The summed E-state index contributed by atoms with van der Waals surface area (Å²) in [4.78, 5) is 23.7. The number of rotatable bonds is 5. The van der Waals surface area contributed by atoms with E-state index in [-0.39, 0.29) is 18.0 Å². The topological polar surface area (TPSA) is 46.6 Å². The van der Waals surface area contributed by atoms with Crippen LogP contribution < -0.4 is 0 Å². The molecule has 4 heteroatoms. The molecule has 0 aliphatic heterocycles. The number of nitrogens with zero attached hydrogens (tertiary/aromatic N) is 1. The van der Waals surface area contributed by atoms with Crippen LogP contribution in [-0.2, 0) is 14.3 Å². The van der Waals surface area contributed by atoms with Crippen LogP contribution >= 0.6 is 0 Å². The molecule has 0 saturated carbocycles. The molecular weight excluding hydrogens is 182 g/mol. The third-order valence-corrected chi connectivity index (χ3v) is 1.88. The van der Waals surface area contributed by atoms with Gasteiger partial charge in [-0.1, -0.05) is 13.8 Å². The van der Waals surface area contributed by atoms with Crippen LogP contribution in [0.4, 0.5) is 0 Å². The third-order valence-electron chi connectivity index (χ3n) is 1.88. The lowest BCUT2D eigenvalue weighted by Gasteiger charge is -2.21. The van der Waals surface area contributed by atoms with Gasteiger partial charge in [0.2, 0.25) is 5.91 Å². The standard InChI is InChI=1S/C10H19NO3/c1-5-9(12)11(4)7-8(3)14-10(13)6-2/h8H,5-7H2,1-4H3. The highest BCUT2D eigenvalue weighted by atomic mass is 16.5. The van der Waals surface area contributed by atoms with E-state index in [9.17, 15) is 9.59 Å². The van der Waals surface area contributed by atoms with E-state index in [1.54, 1.807) is 25.8 Å². The van der Waals surface area contributed by atoms with Gasteiger partial charge in [0.15, 0.2) is 0 Å². The molecule has 0 rings (SSSR count). The van der Waals surface area contributed by atoms with E-state index >= 15 is 0 Å². The molecule has 0 aliphatic rings. The molecule has 82 valence electrons. The number of hydrogen-bond donors (Lipinski definition) is 0. The first-order valence-corrected chi connectivity index (χ1v) is 4.94. The van der Waals surface area contributed by atoms with Crippen LogP contribution in [0.15, 0.2) is 0 Å². The predicted molar refractivity (Wildman–Crippen MR) is 53.8 cm³/mol. The largest absolute Gasteiger partial charge is 0.461 e. The van der Waals surface area contributed by atoms with E-state index in [2.05, 4.69) is 0 Å². The molecule has 4 nitrogen and oxygen atoms in total. The summed E-state index contributed by atoms with van der Waals surface area (Å²) in [7, 11) is 1.71. The Kier molecular flexibility index (Phi) is 5.92. The van der Waals surface area contributed by atoms with Gasteiger partial charge in [-0.25, -0.2) is 0 Å². The van der Waals surface area contributed by atoms with Gasteiger partial charge in [-0.05, 0) is 6.92 Å². The summed E-state index contributed by atoms with van der Waals surface area (Å²) in [5.41, 5.74) is 0. The Bertz CT molecular complexity index is 204. The molecule has 0 N–H and O–H groups in total. The Morgan fingerprint density at radius 3 is 2.29 bits per heavy atom. The minimum atomic E-state index is -0.233. The van der Waals surface area contributed by atoms with Crippen LogP contribution in [0.5, 0.6) is 0 Å². The molecule has 0 aliphatic carbocycles. The fourth-order valence-corrected chi connectivity index (χ4v) is 1.10. The Balaban J connectivity index is 3.87. The van der Waals surface area contributed by atoms with Crippen LogP contribution in [-0.4, -0.2) is 36.5 Å². The lowest BCUT2D eigenvalue weighted by Crippen LogP contribution is -2.34. The van der Waals surface area contributed by atoms with Gasteiger partial charge in [-0.3, -0.25) is 9.59 Å². The number of carbonyl (C=O) groups is 2. The highest BCUT2D eigenvalue weighted by Gasteiger charge is 2.13. The molecule has 1 unspecified atom stereocenters. The van der Waals surface area contributed by atoms with Crippen LogP contribution in [0.1, 0.15) is 33.6 Å². The second-order valence-corrected chi connectivity index (χ2v) is 3.28. The molecule has 0 aromatic heterocycles. The number of hydrogen-bond acceptors (Lipinski definition) is 3. The van der Waals surface area contributed by atoms with Gasteiger partial charge >= 0.3 is 5.97 Å². The Hall–Kier alpha value is -1.06. The highest BCUT2D eigenvalue weighted by Crippen LogP contribution is 1.98. The van der Waals surface area contributed by atoms with Gasteiger partial charge in [-0.2, -0.15) is 0 Å². The second-order valence-electron chi connectivity index (χ2n) is 3.28. The van der Waals surface area contributed by atoms with Gasteiger partial charge in [0.05, 0.1) is 6.54 Å². The number of likely N-dealkylation sites (N-methyl/N-ethyl adjacent to an activating group) is 1. The predicted octanol–water partition coefficient (Wildman–Crippen LogP) is 1.20. The fraction of sp³-hybridized carbons (Fsp3) is 0.800.